The molecular weight excluding hydrogens is 238 g/mol. The van der Waals surface area contributed by atoms with Gasteiger partial charge in [0.05, 0.1) is 17.2 Å². The molecule has 2 aromatic rings. The molecule has 6 nitrogen and oxygen atoms in total. The van der Waals surface area contributed by atoms with Crippen LogP contribution in [-0.4, -0.2) is 33.5 Å². The van der Waals surface area contributed by atoms with E-state index in [4.69, 9.17) is 10.5 Å². The van der Waals surface area contributed by atoms with Crippen LogP contribution in [0.3, 0.4) is 0 Å². The zero-order valence-corrected chi connectivity index (χ0v) is 10.7. The lowest BCUT2D eigenvalue weighted by Gasteiger charge is -2.04. The summed E-state index contributed by atoms with van der Waals surface area (Å²) in [5.74, 6) is 0.830. The summed E-state index contributed by atoms with van der Waals surface area (Å²) >= 11 is 1.56. The number of methoxy groups -OCH3 is 1. The standard InChI is InChI=1S/C10H15N5OS/c1-7-9(17-8(5-11)13-7)10-14-12-6-15(10)3-4-16-2/h6H,3-5,11H2,1-2H3. The molecule has 0 aliphatic heterocycles. The predicted molar refractivity (Wildman–Crippen MR) is 65.6 cm³/mol. The van der Waals surface area contributed by atoms with Gasteiger partial charge in [-0.15, -0.1) is 21.5 Å². The average Bonchev–Trinajstić information content (AvgIpc) is 2.92. The Morgan fingerprint density at radius 3 is 3.00 bits per heavy atom. The number of ether oxygens (including phenoxy) is 1. The molecule has 0 saturated carbocycles. The Balaban J connectivity index is 2.32. The number of rotatable bonds is 5. The van der Waals surface area contributed by atoms with Crippen LogP contribution in [0.4, 0.5) is 0 Å². The minimum atomic E-state index is 0.456. The van der Waals surface area contributed by atoms with E-state index in [2.05, 4.69) is 15.2 Å². The maximum Gasteiger partial charge on any atom is 0.175 e. The summed E-state index contributed by atoms with van der Waals surface area (Å²) in [4.78, 5) is 5.41. The van der Waals surface area contributed by atoms with Gasteiger partial charge in [0.15, 0.2) is 5.82 Å². The fourth-order valence-electron chi connectivity index (χ4n) is 1.53. The number of hydrogen-bond acceptors (Lipinski definition) is 6. The molecule has 0 aliphatic rings. The Bertz CT molecular complexity index is 493. The van der Waals surface area contributed by atoms with Crippen LogP contribution in [0.2, 0.25) is 0 Å². The van der Waals surface area contributed by atoms with Gasteiger partial charge < -0.3 is 15.0 Å². The van der Waals surface area contributed by atoms with Crippen molar-refractivity contribution < 1.29 is 4.74 Å². The van der Waals surface area contributed by atoms with Crippen molar-refractivity contribution in [3.8, 4) is 10.7 Å². The second-order valence-electron chi connectivity index (χ2n) is 3.57. The molecule has 0 bridgehead atoms. The van der Waals surface area contributed by atoms with Crippen LogP contribution in [0.15, 0.2) is 6.33 Å². The number of thiazole rings is 1. The lowest BCUT2D eigenvalue weighted by Crippen LogP contribution is -2.04. The van der Waals surface area contributed by atoms with E-state index >= 15 is 0 Å². The second kappa shape index (κ2) is 5.35. The topological polar surface area (TPSA) is 78.8 Å². The summed E-state index contributed by atoms with van der Waals surface area (Å²) in [5, 5.41) is 8.98. The van der Waals surface area contributed by atoms with Gasteiger partial charge in [-0.2, -0.15) is 0 Å². The maximum absolute atomic E-state index is 5.59. The van der Waals surface area contributed by atoms with Crippen LogP contribution >= 0.6 is 11.3 Å². The number of hydrogen-bond donors (Lipinski definition) is 1. The van der Waals surface area contributed by atoms with Crippen LogP contribution in [0, 0.1) is 6.92 Å². The molecule has 0 fully saturated rings. The van der Waals surface area contributed by atoms with Crippen molar-refractivity contribution in [3.05, 3.63) is 17.0 Å². The maximum atomic E-state index is 5.59. The molecule has 0 saturated heterocycles. The first-order chi connectivity index (χ1) is 8.26. The van der Waals surface area contributed by atoms with Gasteiger partial charge in [-0.3, -0.25) is 0 Å². The largest absolute Gasteiger partial charge is 0.383 e. The van der Waals surface area contributed by atoms with Crippen molar-refractivity contribution >= 4 is 11.3 Å². The predicted octanol–water partition coefficient (Wildman–Crippen LogP) is 0.815. The van der Waals surface area contributed by atoms with Crippen LogP contribution in [0.1, 0.15) is 10.7 Å². The highest BCUT2D eigenvalue weighted by Gasteiger charge is 2.14. The van der Waals surface area contributed by atoms with Crippen LogP contribution < -0.4 is 5.73 Å². The lowest BCUT2D eigenvalue weighted by molar-refractivity contribution is 0.187. The third-order valence-electron chi connectivity index (χ3n) is 2.37. The fourth-order valence-corrected chi connectivity index (χ4v) is 2.48. The van der Waals surface area contributed by atoms with Crippen LogP contribution in [0.5, 0.6) is 0 Å². The highest BCUT2D eigenvalue weighted by Crippen LogP contribution is 2.28. The molecule has 0 radical (unpaired) electrons. The second-order valence-corrected chi connectivity index (χ2v) is 4.65. The number of nitrogens with zero attached hydrogens (tertiary/aromatic N) is 4. The summed E-state index contributed by atoms with van der Waals surface area (Å²) in [7, 11) is 1.68. The molecule has 0 aliphatic carbocycles. The zero-order chi connectivity index (χ0) is 12.3. The fraction of sp³-hybridized carbons (Fsp3) is 0.500. The minimum absolute atomic E-state index is 0.456. The molecule has 2 N–H and O–H groups in total. The van der Waals surface area contributed by atoms with Gasteiger partial charge in [0, 0.05) is 20.2 Å². The van der Waals surface area contributed by atoms with Crippen molar-refractivity contribution in [2.45, 2.75) is 20.0 Å². The zero-order valence-electron chi connectivity index (χ0n) is 9.88. The lowest BCUT2D eigenvalue weighted by atomic mass is 10.3. The van der Waals surface area contributed by atoms with Crippen molar-refractivity contribution in [2.75, 3.05) is 13.7 Å². The Labute approximate surface area is 103 Å². The Morgan fingerprint density at radius 1 is 1.53 bits per heavy atom. The van der Waals surface area contributed by atoms with E-state index < -0.39 is 0 Å². The third kappa shape index (κ3) is 2.51. The molecule has 17 heavy (non-hydrogen) atoms. The Hall–Kier alpha value is -1.31. The molecule has 0 spiro atoms. The number of aryl methyl sites for hydroxylation is 1. The van der Waals surface area contributed by atoms with E-state index in [0.29, 0.717) is 13.2 Å². The first-order valence-corrected chi connectivity index (χ1v) is 6.11. The number of nitrogens with two attached hydrogens (primary N) is 1. The highest BCUT2D eigenvalue weighted by molar-refractivity contribution is 7.15. The van der Waals surface area contributed by atoms with Gasteiger partial charge in [0.25, 0.3) is 0 Å². The highest BCUT2D eigenvalue weighted by atomic mass is 32.1. The smallest absolute Gasteiger partial charge is 0.175 e. The molecular formula is C10H15N5OS. The van der Waals surface area contributed by atoms with Gasteiger partial charge in [0.2, 0.25) is 0 Å². The first-order valence-electron chi connectivity index (χ1n) is 5.29. The SMILES string of the molecule is COCCn1cnnc1-c1sc(CN)nc1C. The monoisotopic (exact) mass is 253 g/mol. The average molecular weight is 253 g/mol. The molecule has 0 amide bonds. The molecule has 0 atom stereocenters. The first kappa shape index (κ1) is 12.2. The Kier molecular flexibility index (Phi) is 3.82. The quantitative estimate of drug-likeness (QED) is 0.853. The van der Waals surface area contributed by atoms with E-state index in [9.17, 15) is 0 Å². The molecule has 2 rings (SSSR count). The van der Waals surface area contributed by atoms with Gasteiger partial charge in [-0.1, -0.05) is 0 Å². The van der Waals surface area contributed by atoms with Crippen LogP contribution in [-0.2, 0) is 17.8 Å². The molecule has 2 aromatic heterocycles. The van der Waals surface area contributed by atoms with Crippen molar-refractivity contribution in [1.29, 1.82) is 0 Å². The van der Waals surface area contributed by atoms with Crippen molar-refractivity contribution in [3.63, 3.8) is 0 Å². The van der Waals surface area contributed by atoms with Crippen molar-refractivity contribution in [2.24, 2.45) is 5.73 Å². The van der Waals surface area contributed by atoms with E-state index in [0.717, 1.165) is 27.9 Å². The van der Waals surface area contributed by atoms with E-state index in [1.165, 1.54) is 0 Å². The van der Waals surface area contributed by atoms with Gasteiger partial charge in [0.1, 0.15) is 11.3 Å². The number of aromatic nitrogens is 4. The van der Waals surface area contributed by atoms with Crippen molar-refractivity contribution in [1.82, 2.24) is 19.7 Å². The van der Waals surface area contributed by atoms with Gasteiger partial charge >= 0.3 is 0 Å². The van der Waals surface area contributed by atoms with E-state index in [1.54, 1.807) is 24.8 Å². The summed E-state index contributed by atoms with van der Waals surface area (Å²) in [6.07, 6.45) is 1.70. The van der Waals surface area contributed by atoms with Gasteiger partial charge in [-0.05, 0) is 6.92 Å². The van der Waals surface area contributed by atoms with E-state index in [-0.39, 0.29) is 0 Å². The third-order valence-corrected chi connectivity index (χ3v) is 3.55. The molecule has 7 heteroatoms. The summed E-state index contributed by atoms with van der Waals surface area (Å²) < 4.78 is 7.02. The van der Waals surface area contributed by atoms with Crippen LogP contribution in [0.25, 0.3) is 10.7 Å². The molecule has 2 heterocycles. The Morgan fingerprint density at radius 2 is 2.35 bits per heavy atom. The molecule has 0 unspecified atom stereocenters. The minimum Gasteiger partial charge on any atom is -0.383 e. The summed E-state index contributed by atoms with van der Waals surface area (Å²) in [5.41, 5.74) is 6.54. The normalized spacial score (nSPS) is 11.0. The summed E-state index contributed by atoms with van der Waals surface area (Å²) in [6.45, 7) is 3.78. The van der Waals surface area contributed by atoms with E-state index in [1.807, 2.05) is 11.5 Å². The molecule has 92 valence electrons. The summed E-state index contributed by atoms with van der Waals surface area (Å²) in [6, 6.07) is 0. The van der Waals surface area contributed by atoms with Gasteiger partial charge in [-0.25, -0.2) is 4.98 Å². The molecule has 0 aromatic carbocycles.